The second-order valence-electron chi connectivity index (χ2n) is 9.90. The normalized spacial score (nSPS) is 18.5. The summed E-state index contributed by atoms with van der Waals surface area (Å²) in [6.07, 6.45) is 5.72. The van der Waals surface area contributed by atoms with E-state index < -0.39 is 6.10 Å². The Hall–Kier alpha value is -2.82. The zero-order valence-corrected chi connectivity index (χ0v) is 20.1. The molecule has 3 aromatic carbocycles. The number of aliphatic hydroxyl groups excluding tert-OH is 1. The van der Waals surface area contributed by atoms with Crippen molar-refractivity contribution in [2.24, 2.45) is 0 Å². The predicted molar refractivity (Wildman–Crippen MR) is 138 cm³/mol. The Morgan fingerprint density at radius 3 is 2.35 bits per heavy atom. The van der Waals surface area contributed by atoms with Crippen molar-refractivity contribution in [1.82, 2.24) is 5.32 Å². The van der Waals surface area contributed by atoms with E-state index in [9.17, 15) is 5.11 Å². The molecule has 0 amide bonds. The van der Waals surface area contributed by atoms with Gasteiger partial charge in [-0.25, -0.2) is 0 Å². The molecular formula is C30H36N2O2. The zero-order chi connectivity index (χ0) is 23.4. The van der Waals surface area contributed by atoms with Crippen molar-refractivity contribution in [3.05, 3.63) is 95.6 Å². The molecule has 1 fully saturated rings. The molecule has 1 aliphatic carbocycles. The number of rotatable bonds is 8. The summed E-state index contributed by atoms with van der Waals surface area (Å²) in [7, 11) is 1.90. The standard InChI is InChI=1S/C30H36N2O2/c1-31-20-28(33)29(24-13-7-3-8-14-24)32-22-30(17-9-4-10-18-30)26-19-25(15-16-27(26)32)34-21-23-11-5-2-6-12-23/h2-3,5-8,11-16,19,28-29,31,33H,4,9-10,17-18,20-22H2,1H3/t28-,29+/m1/s1. The van der Waals surface area contributed by atoms with Gasteiger partial charge in [0.1, 0.15) is 12.4 Å². The van der Waals surface area contributed by atoms with Crippen LogP contribution >= 0.6 is 0 Å². The van der Waals surface area contributed by atoms with Crippen molar-refractivity contribution in [1.29, 1.82) is 0 Å². The Kier molecular flexibility index (Phi) is 6.89. The highest BCUT2D eigenvalue weighted by molar-refractivity contribution is 5.66. The first-order chi connectivity index (χ1) is 16.7. The monoisotopic (exact) mass is 456 g/mol. The van der Waals surface area contributed by atoms with Crippen LogP contribution in [0.15, 0.2) is 78.9 Å². The minimum Gasteiger partial charge on any atom is -0.489 e. The van der Waals surface area contributed by atoms with E-state index in [0.29, 0.717) is 13.2 Å². The second kappa shape index (κ2) is 10.2. The van der Waals surface area contributed by atoms with Crippen LogP contribution < -0.4 is 15.0 Å². The fraction of sp³-hybridized carbons (Fsp3) is 0.400. The Labute approximate surface area is 203 Å². The molecule has 0 bridgehead atoms. The molecular weight excluding hydrogens is 420 g/mol. The first-order valence-corrected chi connectivity index (χ1v) is 12.7. The predicted octanol–water partition coefficient (Wildman–Crippen LogP) is 5.61. The van der Waals surface area contributed by atoms with E-state index in [4.69, 9.17) is 4.74 Å². The van der Waals surface area contributed by atoms with Gasteiger partial charge in [0.25, 0.3) is 0 Å². The Balaban J connectivity index is 1.50. The molecule has 4 heteroatoms. The van der Waals surface area contributed by atoms with Gasteiger partial charge >= 0.3 is 0 Å². The molecule has 4 nitrogen and oxygen atoms in total. The van der Waals surface area contributed by atoms with Crippen LogP contribution in [0.1, 0.15) is 54.8 Å². The smallest absolute Gasteiger partial charge is 0.120 e. The Morgan fingerprint density at radius 2 is 1.65 bits per heavy atom. The van der Waals surface area contributed by atoms with E-state index in [1.54, 1.807) is 0 Å². The summed E-state index contributed by atoms with van der Waals surface area (Å²) in [5.41, 5.74) is 5.12. The highest BCUT2D eigenvalue weighted by atomic mass is 16.5. The first-order valence-electron chi connectivity index (χ1n) is 12.7. The van der Waals surface area contributed by atoms with Gasteiger partial charge < -0.3 is 20.1 Å². The molecule has 2 aliphatic rings. The van der Waals surface area contributed by atoms with Crippen LogP contribution in [0.3, 0.4) is 0 Å². The molecule has 1 aliphatic heterocycles. The van der Waals surface area contributed by atoms with Crippen molar-refractivity contribution in [3.63, 3.8) is 0 Å². The third-order valence-corrected chi connectivity index (χ3v) is 7.64. The van der Waals surface area contributed by atoms with Crippen LogP contribution in [-0.2, 0) is 12.0 Å². The van der Waals surface area contributed by atoms with Gasteiger partial charge in [0.2, 0.25) is 0 Å². The first kappa shape index (κ1) is 22.9. The molecule has 0 radical (unpaired) electrons. The van der Waals surface area contributed by atoms with Crippen LogP contribution in [0.25, 0.3) is 0 Å². The SMILES string of the molecule is CNC[C@@H](O)[C@H](c1ccccc1)N1CC2(CCCCC2)c2cc(OCc3ccccc3)ccc21. The average molecular weight is 457 g/mol. The number of hydrogen-bond donors (Lipinski definition) is 2. The third kappa shape index (κ3) is 4.57. The molecule has 2 atom stereocenters. The van der Waals surface area contributed by atoms with Crippen LogP contribution in [0.5, 0.6) is 5.75 Å². The van der Waals surface area contributed by atoms with Crippen molar-refractivity contribution in [3.8, 4) is 5.75 Å². The van der Waals surface area contributed by atoms with Crippen molar-refractivity contribution in [2.45, 2.75) is 56.3 Å². The number of ether oxygens (including phenoxy) is 1. The molecule has 1 spiro atoms. The van der Waals surface area contributed by atoms with E-state index >= 15 is 0 Å². The van der Waals surface area contributed by atoms with Gasteiger partial charge in [-0.05, 0) is 54.8 Å². The Bertz CT molecular complexity index is 1060. The van der Waals surface area contributed by atoms with Gasteiger partial charge in [0.05, 0.1) is 12.1 Å². The number of nitrogens with zero attached hydrogens (tertiary/aromatic N) is 1. The lowest BCUT2D eigenvalue weighted by Crippen LogP contribution is -2.43. The van der Waals surface area contributed by atoms with E-state index in [2.05, 4.69) is 76.9 Å². The number of nitrogens with one attached hydrogen (secondary N) is 1. The summed E-state index contributed by atoms with van der Waals surface area (Å²) >= 11 is 0. The zero-order valence-electron chi connectivity index (χ0n) is 20.1. The van der Waals surface area contributed by atoms with Crippen LogP contribution in [0.2, 0.25) is 0 Å². The molecule has 34 heavy (non-hydrogen) atoms. The minimum atomic E-state index is -0.506. The Morgan fingerprint density at radius 1 is 0.941 bits per heavy atom. The maximum absolute atomic E-state index is 11.3. The fourth-order valence-electron chi connectivity index (χ4n) is 6.00. The maximum Gasteiger partial charge on any atom is 0.120 e. The highest BCUT2D eigenvalue weighted by Crippen LogP contribution is 2.52. The molecule has 1 heterocycles. The average Bonchev–Trinajstić information content (AvgIpc) is 3.17. The molecule has 3 aromatic rings. The number of fused-ring (bicyclic) bond motifs is 2. The highest BCUT2D eigenvalue weighted by Gasteiger charge is 2.46. The van der Waals surface area contributed by atoms with Crippen LogP contribution in [0, 0.1) is 0 Å². The number of anilines is 1. The van der Waals surface area contributed by atoms with Crippen molar-refractivity contribution < 1.29 is 9.84 Å². The lowest BCUT2D eigenvalue weighted by atomic mass is 9.70. The summed E-state index contributed by atoms with van der Waals surface area (Å²) in [5, 5.41) is 14.5. The van der Waals surface area contributed by atoms with Crippen molar-refractivity contribution >= 4 is 5.69 Å². The quantitative estimate of drug-likeness (QED) is 0.463. The molecule has 178 valence electrons. The van der Waals surface area contributed by atoms with Gasteiger partial charge in [-0.15, -0.1) is 0 Å². The minimum absolute atomic E-state index is 0.0928. The maximum atomic E-state index is 11.3. The van der Waals surface area contributed by atoms with E-state index in [0.717, 1.165) is 17.9 Å². The summed E-state index contributed by atoms with van der Waals surface area (Å²) in [6, 6.07) is 27.3. The van der Waals surface area contributed by atoms with E-state index in [1.807, 2.05) is 19.2 Å². The number of aliphatic hydroxyl groups is 1. The summed E-state index contributed by atoms with van der Waals surface area (Å²) < 4.78 is 6.24. The van der Waals surface area contributed by atoms with Crippen LogP contribution in [0.4, 0.5) is 5.69 Å². The number of likely N-dealkylation sites (N-methyl/N-ethyl adjacent to an activating group) is 1. The fourth-order valence-corrected chi connectivity index (χ4v) is 6.00. The molecule has 0 saturated heterocycles. The van der Waals surface area contributed by atoms with Crippen LogP contribution in [-0.4, -0.2) is 31.3 Å². The topological polar surface area (TPSA) is 44.7 Å². The summed E-state index contributed by atoms with van der Waals surface area (Å²) in [4.78, 5) is 2.47. The van der Waals surface area contributed by atoms with Crippen molar-refractivity contribution in [2.75, 3.05) is 25.0 Å². The molecule has 5 rings (SSSR count). The lowest BCUT2D eigenvalue weighted by Gasteiger charge is -2.38. The van der Waals surface area contributed by atoms with Gasteiger partial charge in [0.15, 0.2) is 0 Å². The van der Waals surface area contributed by atoms with E-state index in [-0.39, 0.29) is 11.5 Å². The third-order valence-electron chi connectivity index (χ3n) is 7.64. The molecule has 0 aromatic heterocycles. The van der Waals surface area contributed by atoms with E-state index in [1.165, 1.54) is 48.9 Å². The van der Waals surface area contributed by atoms with Gasteiger partial charge in [-0.2, -0.15) is 0 Å². The van der Waals surface area contributed by atoms with Gasteiger partial charge in [-0.3, -0.25) is 0 Å². The molecule has 0 unspecified atom stereocenters. The number of benzene rings is 3. The summed E-state index contributed by atoms with van der Waals surface area (Å²) in [6.45, 7) is 2.07. The second-order valence-corrected chi connectivity index (χ2v) is 9.90. The van der Waals surface area contributed by atoms with Gasteiger partial charge in [-0.1, -0.05) is 79.9 Å². The lowest BCUT2D eigenvalue weighted by molar-refractivity contribution is 0.138. The largest absolute Gasteiger partial charge is 0.489 e. The van der Waals surface area contributed by atoms with Gasteiger partial charge in [0, 0.05) is 24.2 Å². The molecule has 2 N–H and O–H groups in total. The molecule has 1 saturated carbocycles. The number of hydrogen-bond acceptors (Lipinski definition) is 4. The summed E-state index contributed by atoms with van der Waals surface area (Å²) in [5.74, 6) is 0.932.